The predicted molar refractivity (Wildman–Crippen MR) is 114 cm³/mol. The van der Waals surface area contributed by atoms with E-state index in [9.17, 15) is 8.78 Å². The van der Waals surface area contributed by atoms with E-state index in [2.05, 4.69) is 20.6 Å². The van der Waals surface area contributed by atoms with Gasteiger partial charge < -0.3 is 20.8 Å². The summed E-state index contributed by atoms with van der Waals surface area (Å²) in [5, 5.41) is 6.27. The number of hydrogen-bond donors (Lipinski definition) is 2. The van der Waals surface area contributed by atoms with Crippen molar-refractivity contribution in [3.63, 3.8) is 0 Å². The van der Waals surface area contributed by atoms with Crippen LogP contribution in [-0.2, 0) is 4.74 Å². The van der Waals surface area contributed by atoms with Crippen LogP contribution < -0.4 is 10.6 Å². The Morgan fingerprint density at radius 2 is 1.81 bits per heavy atom. The van der Waals surface area contributed by atoms with Crippen LogP contribution in [0.1, 0.15) is 44.6 Å². The summed E-state index contributed by atoms with van der Waals surface area (Å²) >= 11 is 0. The normalized spacial score (nSPS) is 19.4. The molecule has 4 N–H and O–H groups in total. The van der Waals surface area contributed by atoms with E-state index >= 15 is 0 Å². The van der Waals surface area contributed by atoms with E-state index in [0.717, 1.165) is 19.3 Å². The molecule has 0 radical (unpaired) electrons. The highest BCUT2D eigenvalue weighted by molar-refractivity contribution is 5.76. The van der Waals surface area contributed by atoms with Crippen molar-refractivity contribution in [2.45, 2.75) is 50.6 Å². The number of hydrogen-bond acceptors (Lipinski definition) is 6. The van der Waals surface area contributed by atoms with Gasteiger partial charge in [-0.3, -0.25) is 4.57 Å². The molecule has 0 spiro atoms. The number of ether oxygens (including phenoxy) is 1. The molecule has 3 aromatic rings. The second kappa shape index (κ2) is 9.11. The number of rotatable bonds is 5. The molecule has 2 aromatic heterocycles. The molecule has 2 fully saturated rings. The first-order valence-electron chi connectivity index (χ1n) is 10.5. The van der Waals surface area contributed by atoms with Crippen molar-refractivity contribution < 1.29 is 19.0 Å². The zero-order valence-electron chi connectivity index (χ0n) is 17.1. The maximum Gasteiger partial charge on any atom is 0.224 e. The maximum absolute atomic E-state index is 14.2. The third kappa shape index (κ3) is 4.31. The standard InChI is InChI=1S/C21H24F2N6O.H2O/c22-15-7-4-8-16(23)18(15)27-21-26-17-11-24-20(25-13-5-2-1-3-6-13)28-19(17)29(21)14-9-10-30-12-14;/h4,7-8,11,13-14H,1-3,5-6,9-10,12H2,(H,26,27)(H,24,25,28);1H2. The van der Waals surface area contributed by atoms with Crippen molar-refractivity contribution in [1.82, 2.24) is 19.5 Å². The molecular weight excluding hydrogens is 406 g/mol. The highest BCUT2D eigenvalue weighted by Crippen LogP contribution is 2.32. The SMILES string of the molecule is Fc1cccc(F)c1Nc1nc2cnc(NC3CCCCC3)nc2n1C1CCOC1.O. The second-order valence-corrected chi connectivity index (χ2v) is 7.93. The van der Waals surface area contributed by atoms with Gasteiger partial charge in [0.2, 0.25) is 11.9 Å². The summed E-state index contributed by atoms with van der Waals surface area (Å²) in [7, 11) is 0. The van der Waals surface area contributed by atoms with Gasteiger partial charge in [-0.25, -0.2) is 18.7 Å². The van der Waals surface area contributed by atoms with Gasteiger partial charge in [-0.2, -0.15) is 4.98 Å². The van der Waals surface area contributed by atoms with E-state index in [4.69, 9.17) is 9.72 Å². The predicted octanol–water partition coefficient (Wildman–Crippen LogP) is 3.73. The maximum atomic E-state index is 14.2. The van der Waals surface area contributed by atoms with Crippen molar-refractivity contribution in [3.05, 3.63) is 36.0 Å². The Labute approximate surface area is 178 Å². The van der Waals surface area contributed by atoms with Gasteiger partial charge in [0.05, 0.1) is 18.8 Å². The number of para-hydroxylation sites is 1. The Hall–Kier alpha value is -2.85. The fourth-order valence-corrected chi connectivity index (χ4v) is 4.28. The summed E-state index contributed by atoms with van der Waals surface area (Å²) in [5.41, 5.74) is 0.954. The summed E-state index contributed by atoms with van der Waals surface area (Å²) in [5.74, 6) is -0.476. The van der Waals surface area contributed by atoms with Crippen LogP contribution in [0.15, 0.2) is 24.4 Å². The van der Waals surface area contributed by atoms with Gasteiger partial charge in [0.1, 0.15) is 22.8 Å². The van der Waals surface area contributed by atoms with Crippen molar-refractivity contribution in [2.24, 2.45) is 0 Å². The van der Waals surface area contributed by atoms with E-state index in [1.165, 1.54) is 37.5 Å². The van der Waals surface area contributed by atoms with Gasteiger partial charge in [0.25, 0.3) is 0 Å². The number of aromatic nitrogens is 4. The topological polar surface area (TPSA) is 108 Å². The number of halogens is 2. The lowest BCUT2D eigenvalue weighted by Crippen LogP contribution is -2.23. The van der Waals surface area contributed by atoms with Gasteiger partial charge in [0, 0.05) is 12.6 Å². The second-order valence-electron chi connectivity index (χ2n) is 7.93. The molecule has 10 heteroatoms. The van der Waals surface area contributed by atoms with Gasteiger partial charge in [-0.1, -0.05) is 25.3 Å². The van der Waals surface area contributed by atoms with Crippen molar-refractivity contribution in [3.8, 4) is 0 Å². The molecule has 166 valence electrons. The first-order chi connectivity index (χ1) is 14.7. The zero-order chi connectivity index (χ0) is 20.5. The quantitative estimate of drug-likeness (QED) is 0.636. The van der Waals surface area contributed by atoms with Crippen molar-refractivity contribution in [2.75, 3.05) is 23.8 Å². The molecule has 31 heavy (non-hydrogen) atoms. The molecule has 8 nitrogen and oxygen atoms in total. The Kier molecular flexibility index (Phi) is 6.28. The minimum atomic E-state index is -0.679. The molecular formula is C21H26F2N6O2. The summed E-state index contributed by atoms with van der Waals surface area (Å²) in [6.45, 7) is 1.12. The number of fused-ring (bicyclic) bond motifs is 1. The summed E-state index contributed by atoms with van der Waals surface area (Å²) in [6.07, 6.45) is 8.33. The molecule has 1 saturated heterocycles. The largest absolute Gasteiger partial charge is 0.412 e. The number of nitrogens with one attached hydrogen (secondary N) is 2. The third-order valence-corrected chi connectivity index (χ3v) is 5.84. The molecule has 1 aliphatic carbocycles. The molecule has 1 saturated carbocycles. The van der Waals surface area contributed by atoms with Crippen LogP contribution in [0.5, 0.6) is 0 Å². The van der Waals surface area contributed by atoms with Crippen molar-refractivity contribution >= 4 is 28.7 Å². The molecule has 1 aliphatic heterocycles. The van der Waals surface area contributed by atoms with Gasteiger partial charge in [-0.05, 0) is 31.4 Å². The lowest BCUT2D eigenvalue weighted by molar-refractivity contribution is 0.187. The molecule has 0 bridgehead atoms. The van der Waals surface area contributed by atoms with Crippen LogP contribution in [0, 0.1) is 11.6 Å². The Morgan fingerprint density at radius 1 is 1.03 bits per heavy atom. The van der Waals surface area contributed by atoms with Crippen LogP contribution >= 0.6 is 0 Å². The first kappa shape index (κ1) is 21.4. The lowest BCUT2D eigenvalue weighted by atomic mass is 9.96. The monoisotopic (exact) mass is 432 g/mol. The molecule has 1 atom stereocenters. The summed E-state index contributed by atoms with van der Waals surface area (Å²) in [4.78, 5) is 13.7. The van der Waals surface area contributed by atoms with Gasteiger partial charge in [-0.15, -0.1) is 0 Å². The van der Waals surface area contributed by atoms with E-state index < -0.39 is 11.6 Å². The summed E-state index contributed by atoms with van der Waals surface area (Å²) in [6, 6.07) is 4.10. The Morgan fingerprint density at radius 3 is 2.52 bits per heavy atom. The van der Waals surface area contributed by atoms with E-state index in [0.29, 0.717) is 42.3 Å². The van der Waals surface area contributed by atoms with E-state index in [1.54, 1.807) is 6.20 Å². The van der Waals surface area contributed by atoms with E-state index in [-0.39, 0.29) is 17.2 Å². The lowest BCUT2D eigenvalue weighted by Gasteiger charge is -2.22. The number of nitrogens with zero attached hydrogens (tertiary/aromatic N) is 4. The fourth-order valence-electron chi connectivity index (χ4n) is 4.28. The fraction of sp³-hybridized carbons (Fsp3) is 0.476. The molecule has 1 unspecified atom stereocenters. The average Bonchev–Trinajstić information content (AvgIpc) is 3.39. The first-order valence-corrected chi connectivity index (χ1v) is 10.5. The van der Waals surface area contributed by atoms with E-state index in [1.807, 2.05) is 4.57 Å². The van der Waals surface area contributed by atoms with Crippen LogP contribution in [-0.4, -0.2) is 44.3 Å². The minimum Gasteiger partial charge on any atom is -0.412 e. The zero-order valence-corrected chi connectivity index (χ0v) is 17.1. The third-order valence-electron chi connectivity index (χ3n) is 5.84. The molecule has 3 heterocycles. The van der Waals surface area contributed by atoms with Gasteiger partial charge >= 0.3 is 0 Å². The average molecular weight is 432 g/mol. The summed E-state index contributed by atoms with van der Waals surface area (Å²) < 4.78 is 35.9. The minimum absolute atomic E-state index is 0. The molecule has 0 amide bonds. The highest BCUT2D eigenvalue weighted by Gasteiger charge is 2.26. The number of anilines is 3. The molecule has 2 aliphatic rings. The molecule has 1 aromatic carbocycles. The van der Waals surface area contributed by atoms with Gasteiger partial charge in [0.15, 0.2) is 5.65 Å². The van der Waals surface area contributed by atoms with Crippen molar-refractivity contribution in [1.29, 1.82) is 0 Å². The van der Waals surface area contributed by atoms with Crippen LogP contribution in [0.4, 0.5) is 26.4 Å². The van der Waals surface area contributed by atoms with Crippen LogP contribution in [0.3, 0.4) is 0 Å². The Balaban J connectivity index is 0.00000231. The number of imidazole rings is 1. The van der Waals surface area contributed by atoms with Crippen LogP contribution in [0.25, 0.3) is 11.2 Å². The smallest absolute Gasteiger partial charge is 0.224 e. The Bertz CT molecular complexity index is 1030. The number of benzene rings is 1. The molecule has 5 rings (SSSR count). The highest BCUT2D eigenvalue weighted by atomic mass is 19.1. The van der Waals surface area contributed by atoms with Crippen LogP contribution in [0.2, 0.25) is 0 Å².